The summed E-state index contributed by atoms with van der Waals surface area (Å²) in [6.07, 6.45) is 1.90. The number of aryl methyl sites for hydroxylation is 1. The molecule has 6 heteroatoms. The molecule has 1 aromatic heterocycles. The molecule has 0 spiro atoms. The third-order valence-electron chi connectivity index (χ3n) is 3.11. The van der Waals surface area contributed by atoms with Gasteiger partial charge in [-0.1, -0.05) is 0 Å². The van der Waals surface area contributed by atoms with Crippen molar-refractivity contribution in [2.75, 3.05) is 0 Å². The van der Waals surface area contributed by atoms with Crippen LogP contribution in [-0.4, -0.2) is 27.4 Å². The molecule has 1 aliphatic carbocycles. The van der Waals surface area contributed by atoms with Crippen LogP contribution in [0.2, 0.25) is 0 Å². The number of nitrogens with one attached hydrogen (secondary N) is 1. The predicted octanol–water partition coefficient (Wildman–Crippen LogP) is 1.43. The number of hydrogen-bond acceptors (Lipinski definition) is 4. The fraction of sp³-hybridized carbons (Fsp3) is 0.545. The van der Waals surface area contributed by atoms with Gasteiger partial charge >= 0.3 is 5.97 Å². The van der Waals surface area contributed by atoms with E-state index in [2.05, 4.69) is 9.69 Å². The Kier molecular flexibility index (Phi) is 3.42. The van der Waals surface area contributed by atoms with Crippen LogP contribution in [0.3, 0.4) is 0 Å². The number of carbonyl (C=O) groups is 2. The molecule has 0 bridgehead atoms. The summed E-state index contributed by atoms with van der Waals surface area (Å²) >= 11 is 1.25. The van der Waals surface area contributed by atoms with Gasteiger partial charge in [0.05, 0.1) is 17.2 Å². The van der Waals surface area contributed by atoms with Gasteiger partial charge in [0.25, 0.3) is 5.91 Å². The largest absolute Gasteiger partial charge is 0.481 e. The highest BCUT2D eigenvalue weighted by molar-refractivity contribution is 7.03. The number of carboxylic acids is 1. The fourth-order valence-corrected chi connectivity index (χ4v) is 2.80. The van der Waals surface area contributed by atoms with E-state index in [1.54, 1.807) is 12.3 Å². The first-order valence-corrected chi connectivity index (χ1v) is 6.36. The quantitative estimate of drug-likeness (QED) is 0.855. The van der Waals surface area contributed by atoms with Crippen LogP contribution in [0.5, 0.6) is 0 Å². The highest BCUT2D eigenvalue weighted by atomic mass is 32.1. The molecule has 17 heavy (non-hydrogen) atoms. The van der Waals surface area contributed by atoms with Gasteiger partial charge in [0.15, 0.2) is 0 Å². The third kappa shape index (κ3) is 2.63. The van der Waals surface area contributed by atoms with E-state index in [1.165, 1.54) is 11.5 Å². The van der Waals surface area contributed by atoms with Crippen LogP contribution >= 0.6 is 11.5 Å². The highest BCUT2D eigenvalue weighted by Gasteiger charge is 2.30. The molecule has 92 valence electrons. The molecule has 1 aliphatic rings. The second kappa shape index (κ2) is 4.83. The summed E-state index contributed by atoms with van der Waals surface area (Å²) in [6, 6.07) is -0.0251. The number of amides is 1. The van der Waals surface area contributed by atoms with Crippen LogP contribution in [0.1, 0.15) is 35.3 Å². The molecule has 0 unspecified atom stereocenters. The molecule has 0 radical (unpaired) electrons. The van der Waals surface area contributed by atoms with E-state index in [1.807, 2.05) is 0 Å². The van der Waals surface area contributed by atoms with Gasteiger partial charge in [-0.15, -0.1) is 0 Å². The van der Waals surface area contributed by atoms with Crippen molar-refractivity contribution in [2.24, 2.45) is 5.92 Å². The Morgan fingerprint density at radius 1 is 1.53 bits per heavy atom. The number of rotatable bonds is 3. The Morgan fingerprint density at radius 2 is 2.29 bits per heavy atom. The van der Waals surface area contributed by atoms with Gasteiger partial charge in [-0.3, -0.25) is 9.59 Å². The number of hydrogen-bond donors (Lipinski definition) is 2. The normalized spacial score (nSPS) is 23.6. The zero-order chi connectivity index (χ0) is 12.4. The summed E-state index contributed by atoms with van der Waals surface area (Å²) in [6.45, 7) is 1.79. The van der Waals surface area contributed by atoms with Crippen LogP contribution in [0.4, 0.5) is 0 Å². The Bertz CT molecular complexity index is 444. The first kappa shape index (κ1) is 12.0. The zero-order valence-corrected chi connectivity index (χ0v) is 10.3. The Labute approximate surface area is 103 Å². The number of nitrogens with zero attached hydrogens (tertiary/aromatic N) is 1. The van der Waals surface area contributed by atoms with Gasteiger partial charge in [0.2, 0.25) is 0 Å². The third-order valence-corrected chi connectivity index (χ3v) is 3.83. The van der Waals surface area contributed by atoms with Crippen molar-refractivity contribution >= 4 is 23.4 Å². The molecule has 0 saturated heterocycles. The van der Waals surface area contributed by atoms with E-state index in [9.17, 15) is 9.59 Å². The van der Waals surface area contributed by atoms with Crippen molar-refractivity contribution in [3.63, 3.8) is 0 Å². The lowest BCUT2D eigenvalue weighted by molar-refractivity contribution is -0.141. The minimum absolute atomic E-state index is 0.0251. The summed E-state index contributed by atoms with van der Waals surface area (Å²) in [7, 11) is 0. The zero-order valence-electron chi connectivity index (χ0n) is 9.47. The van der Waals surface area contributed by atoms with Crippen molar-refractivity contribution in [3.8, 4) is 0 Å². The number of carbonyl (C=O) groups excluding carboxylic acids is 1. The van der Waals surface area contributed by atoms with Crippen molar-refractivity contribution in [1.29, 1.82) is 0 Å². The van der Waals surface area contributed by atoms with E-state index >= 15 is 0 Å². The molecule has 0 aliphatic heterocycles. The Hall–Kier alpha value is -1.43. The molecule has 2 N–H and O–H groups in total. The molecule has 1 saturated carbocycles. The summed E-state index contributed by atoms with van der Waals surface area (Å²) in [5, 5.41) is 13.5. The van der Waals surface area contributed by atoms with Crippen LogP contribution in [-0.2, 0) is 4.79 Å². The van der Waals surface area contributed by atoms with Crippen molar-refractivity contribution in [3.05, 3.63) is 16.6 Å². The molecule has 2 rings (SSSR count). The topological polar surface area (TPSA) is 79.3 Å². The summed E-state index contributed by atoms with van der Waals surface area (Å²) < 4.78 is 4.04. The van der Waals surface area contributed by atoms with Crippen LogP contribution < -0.4 is 5.32 Å². The van der Waals surface area contributed by atoms with Gasteiger partial charge in [-0.25, -0.2) is 0 Å². The van der Waals surface area contributed by atoms with Crippen LogP contribution in [0.25, 0.3) is 0 Å². The molecule has 1 fully saturated rings. The van der Waals surface area contributed by atoms with Crippen molar-refractivity contribution in [1.82, 2.24) is 9.69 Å². The monoisotopic (exact) mass is 254 g/mol. The van der Waals surface area contributed by atoms with Crippen LogP contribution in [0, 0.1) is 12.8 Å². The molecule has 1 amide bonds. The first-order chi connectivity index (χ1) is 8.08. The van der Waals surface area contributed by atoms with Gasteiger partial charge in [0, 0.05) is 11.4 Å². The van der Waals surface area contributed by atoms with Gasteiger partial charge in [-0.05, 0) is 37.7 Å². The molecule has 1 aromatic rings. The van der Waals surface area contributed by atoms with E-state index in [4.69, 9.17) is 5.11 Å². The predicted molar refractivity (Wildman–Crippen MR) is 63.1 cm³/mol. The minimum atomic E-state index is -0.768. The lowest BCUT2D eigenvalue weighted by Gasteiger charge is -2.11. The Morgan fingerprint density at radius 3 is 2.82 bits per heavy atom. The smallest absolute Gasteiger partial charge is 0.306 e. The molecule has 5 nitrogen and oxygen atoms in total. The lowest BCUT2D eigenvalue weighted by atomic mass is 10.1. The fourth-order valence-electron chi connectivity index (χ4n) is 2.11. The molecule has 2 atom stereocenters. The second-order valence-corrected chi connectivity index (χ2v) is 4.96. The maximum absolute atomic E-state index is 11.9. The van der Waals surface area contributed by atoms with E-state index in [-0.39, 0.29) is 17.9 Å². The number of carboxylic acid groups (broad SMARTS) is 1. The van der Waals surface area contributed by atoms with E-state index in [0.29, 0.717) is 18.4 Å². The first-order valence-electron chi connectivity index (χ1n) is 5.52. The Balaban J connectivity index is 1.93. The van der Waals surface area contributed by atoms with E-state index < -0.39 is 5.97 Å². The van der Waals surface area contributed by atoms with Gasteiger partial charge in [-0.2, -0.15) is 4.37 Å². The van der Waals surface area contributed by atoms with E-state index in [0.717, 1.165) is 12.1 Å². The second-order valence-electron chi connectivity index (χ2n) is 4.33. The molecular formula is C11H14N2O3S. The minimum Gasteiger partial charge on any atom is -0.481 e. The van der Waals surface area contributed by atoms with Crippen molar-refractivity contribution in [2.45, 2.75) is 32.2 Å². The molecule has 1 heterocycles. The molecule has 0 aromatic carbocycles. The average molecular weight is 254 g/mol. The SMILES string of the molecule is Cc1nscc1C(=O)N[C@H]1CC[C@@H](C(=O)O)C1. The maximum Gasteiger partial charge on any atom is 0.306 e. The standard InChI is InChI=1S/C11H14N2O3S/c1-6-9(5-17-13-6)10(14)12-8-3-2-7(4-8)11(15)16/h5,7-8H,2-4H2,1H3,(H,12,14)(H,15,16)/t7-,8+/m1/s1. The van der Waals surface area contributed by atoms with Crippen LogP contribution in [0.15, 0.2) is 5.38 Å². The summed E-state index contributed by atoms with van der Waals surface area (Å²) in [4.78, 5) is 22.7. The number of aliphatic carboxylic acids is 1. The highest BCUT2D eigenvalue weighted by Crippen LogP contribution is 2.26. The van der Waals surface area contributed by atoms with Crippen molar-refractivity contribution < 1.29 is 14.7 Å². The summed E-state index contributed by atoms with van der Waals surface area (Å²) in [5.74, 6) is -1.23. The van der Waals surface area contributed by atoms with Gasteiger partial charge in [0.1, 0.15) is 0 Å². The lowest BCUT2D eigenvalue weighted by Crippen LogP contribution is -2.33. The molecular weight excluding hydrogens is 240 g/mol. The number of aromatic nitrogens is 1. The maximum atomic E-state index is 11.9. The average Bonchev–Trinajstić information content (AvgIpc) is 2.86. The summed E-state index contributed by atoms with van der Waals surface area (Å²) in [5.41, 5.74) is 1.31. The van der Waals surface area contributed by atoms with Gasteiger partial charge < -0.3 is 10.4 Å².